The van der Waals surface area contributed by atoms with Gasteiger partial charge in [-0.2, -0.15) is 8.42 Å². The molecule has 2 aromatic carbocycles. The molecule has 0 aliphatic heterocycles. The smallest absolute Gasteiger partial charge is 0.339 e. The van der Waals surface area contributed by atoms with Crippen LogP contribution < -0.4 is 9.50 Å². The van der Waals surface area contributed by atoms with Crippen molar-refractivity contribution in [1.29, 1.82) is 0 Å². The fraction of sp³-hybridized carbons (Fsp3) is 0.364. The summed E-state index contributed by atoms with van der Waals surface area (Å²) in [5.41, 5.74) is 0.197. The van der Waals surface area contributed by atoms with Crippen LogP contribution >= 0.6 is 0 Å². The molecule has 0 saturated heterocycles. The van der Waals surface area contributed by atoms with Gasteiger partial charge in [-0.25, -0.2) is 0 Å². The van der Waals surface area contributed by atoms with Crippen molar-refractivity contribution in [1.82, 2.24) is 5.32 Å². The molecule has 0 spiro atoms. The summed E-state index contributed by atoms with van der Waals surface area (Å²) in [7, 11) is -3.92. The maximum Gasteiger partial charge on any atom is 0.339 e. The van der Waals surface area contributed by atoms with Crippen molar-refractivity contribution in [3.05, 3.63) is 60.2 Å². The Labute approximate surface area is 177 Å². The topological polar surface area (TPSA) is 98.8 Å². The Morgan fingerprint density at radius 3 is 2.13 bits per heavy atom. The van der Waals surface area contributed by atoms with Crippen molar-refractivity contribution in [3.63, 3.8) is 0 Å². The van der Waals surface area contributed by atoms with Gasteiger partial charge < -0.3 is 14.2 Å². The van der Waals surface area contributed by atoms with Crippen molar-refractivity contribution in [2.24, 2.45) is 0 Å². The molecule has 0 fully saturated rings. The van der Waals surface area contributed by atoms with Gasteiger partial charge in [0.2, 0.25) is 5.91 Å². The van der Waals surface area contributed by atoms with E-state index in [9.17, 15) is 18.0 Å². The van der Waals surface area contributed by atoms with E-state index in [0.717, 1.165) is 5.56 Å². The number of hydrogen-bond donors (Lipinski definition) is 1. The number of carbonyl (C=O) groups is 2. The van der Waals surface area contributed by atoms with Gasteiger partial charge in [0.05, 0.1) is 6.42 Å². The van der Waals surface area contributed by atoms with Crippen LogP contribution in [0.4, 0.5) is 0 Å². The lowest BCUT2D eigenvalue weighted by molar-refractivity contribution is -0.155. The Morgan fingerprint density at radius 2 is 1.60 bits per heavy atom. The average molecular weight is 434 g/mol. The van der Waals surface area contributed by atoms with Gasteiger partial charge in [-0.05, 0) is 57.0 Å². The van der Waals surface area contributed by atoms with Gasteiger partial charge in [-0.3, -0.25) is 9.59 Å². The molecule has 2 rings (SSSR count). The molecule has 2 aromatic rings. The van der Waals surface area contributed by atoms with Gasteiger partial charge >= 0.3 is 16.1 Å². The lowest BCUT2D eigenvalue weighted by atomic mass is 10.0. The van der Waals surface area contributed by atoms with E-state index >= 15 is 0 Å². The molecule has 0 saturated carbocycles. The molecule has 1 atom stereocenters. The van der Waals surface area contributed by atoms with Gasteiger partial charge in [0.1, 0.15) is 16.2 Å². The molecule has 0 bridgehead atoms. The lowest BCUT2D eigenvalue weighted by Crippen LogP contribution is -2.38. The maximum absolute atomic E-state index is 12.3. The minimum atomic E-state index is -3.92. The number of ether oxygens (including phenoxy) is 1. The van der Waals surface area contributed by atoms with Crippen LogP contribution in [0, 0.1) is 0 Å². The van der Waals surface area contributed by atoms with E-state index in [4.69, 9.17) is 8.92 Å². The summed E-state index contributed by atoms with van der Waals surface area (Å²) in [6.45, 7) is 6.72. The standard InChI is InChI=1S/C22H27NO6S/c1-16(24)23-18(15-21(25)28-22(2,3)4)14-17-10-12-19(13-11-17)29-30(26,27)20-8-6-5-7-9-20/h5-13,18H,14-15H2,1-4H3,(H,23,24). The number of carbonyl (C=O) groups excluding carboxylic acids is 2. The lowest BCUT2D eigenvalue weighted by Gasteiger charge is -2.22. The van der Waals surface area contributed by atoms with E-state index in [1.54, 1.807) is 51.1 Å². The zero-order chi connectivity index (χ0) is 22.4. The molecule has 1 unspecified atom stereocenters. The van der Waals surface area contributed by atoms with Crippen LogP contribution in [-0.4, -0.2) is 31.9 Å². The average Bonchev–Trinajstić information content (AvgIpc) is 2.61. The molecule has 0 aromatic heterocycles. The zero-order valence-electron chi connectivity index (χ0n) is 17.5. The van der Waals surface area contributed by atoms with E-state index in [-0.39, 0.29) is 23.0 Å². The quantitative estimate of drug-likeness (QED) is 0.507. The third-order valence-electron chi connectivity index (χ3n) is 3.88. The summed E-state index contributed by atoms with van der Waals surface area (Å²) >= 11 is 0. The van der Waals surface area contributed by atoms with Gasteiger partial charge in [0.25, 0.3) is 0 Å². The number of nitrogens with one attached hydrogen (secondary N) is 1. The van der Waals surface area contributed by atoms with Gasteiger partial charge in [0, 0.05) is 13.0 Å². The van der Waals surface area contributed by atoms with Crippen molar-refractivity contribution < 1.29 is 26.9 Å². The Bertz CT molecular complexity index is 963. The Kier molecular flexibility index (Phi) is 7.61. The number of esters is 1. The van der Waals surface area contributed by atoms with Crippen LogP contribution in [-0.2, 0) is 30.9 Å². The molecule has 1 amide bonds. The zero-order valence-corrected chi connectivity index (χ0v) is 18.4. The van der Waals surface area contributed by atoms with E-state index < -0.39 is 27.7 Å². The predicted octanol–water partition coefficient (Wildman–Crippen LogP) is 3.23. The SMILES string of the molecule is CC(=O)NC(CC(=O)OC(C)(C)C)Cc1ccc(OS(=O)(=O)c2ccccc2)cc1. The molecule has 0 aliphatic carbocycles. The highest BCUT2D eigenvalue weighted by Crippen LogP contribution is 2.20. The first kappa shape index (κ1) is 23.4. The molecule has 1 N–H and O–H groups in total. The summed E-state index contributed by atoms with van der Waals surface area (Å²) < 4.78 is 35.1. The summed E-state index contributed by atoms with van der Waals surface area (Å²) in [5.74, 6) is -0.488. The predicted molar refractivity (Wildman–Crippen MR) is 112 cm³/mol. The largest absolute Gasteiger partial charge is 0.460 e. The van der Waals surface area contributed by atoms with Gasteiger partial charge in [-0.1, -0.05) is 30.3 Å². The summed E-state index contributed by atoms with van der Waals surface area (Å²) in [5, 5.41) is 2.75. The third-order valence-corrected chi connectivity index (χ3v) is 5.15. The third kappa shape index (κ3) is 7.87. The minimum Gasteiger partial charge on any atom is -0.460 e. The van der Waals surface area contributed by atoms with Crippen LogP contribution in [0.3, 0.4) is 0 Å². The first-order chi connectivity index (χ1) is 13.9. The fourth-order valence-electron chi connectivity index (χ4n) is 2.77. The van der Waals surface area contributed by atoms with Gasteiger partial charge in [-0.15, -0.1) is 0 Å². The number of benzene rings is 2. The van der Waals surface area contributed by atoms with Crippen LogP contribution in [0.25, 0.3) is 0 Å². The van der Waals surface area contributed by atoms with E-state index in [0.29, 0.717) is 6.42 Å². The Hall–Kier alpha value is -2.87. The van der Waals surface area contributed by atoms with Crippen LogP contribution in [0.15, 0.2) is 59.5 Å². The molecule has 30 heavy (non-hydrogen) atoms. The maximum atomic E-state index is 12.3. The fourth-order valence-corrected chi connectivity index (χ4v) is 3.72. The molecule has 8 heteroatoms. The number of rotatable bonds is 8. The highest BCUT2D eigenvalue weighted by molar-refractivity contribution is 7.87. The first-order valence-electron chi connectivity index (χ1n) is 9.52. The monoisotopic (exact) mass is 433 g/mol. The second-order valence-corrected chi connectivity index (χ2v) is 9.43. The summed E-state index contributed by atoms with van der Waals surface area (Å²) in [6, 6.07) is 13.9. The molecule has 0 radical (unpaired) electrons. The molecular formula is C22H27NO6S. The molecule has 0 aliphatic rings. The highest BCUT2D eigenvalue weighted by atomic mass is 32.2. The van der Waals surface area contributed by atoms with Crippen LogP contribution in [0.5, 0.6) is 5.75 Å². The Morgan fingerprint density at radius 1 is 1.00 bits per heavy atom. The van der Waals surface area contributed by atoms with E-state index in [1.807, 2.05) is 0 Å². The van der Waals surface area contributed by atoms with Crippen LogP contribution in [0.2, 0.25) is 0 Å². The summed E-state index contributed by atoms with van der Waals surface area (Å²) in [6.07, 6.45) is 0.405. The van der Waals surface area contributed by atoms with Crippen molar-refractivity contribution in [3.8, 4) is 5.75 Å². The second-order valence-electron chi connectivity index (χ2n) is 7.89. The molecule has 0 heterocycles. The minimum absolute atomic E-state index is 0.0253. The van der Waals surface area contributed by atoms with Gasteiger partial charge in [0.15, 0.2) is 0 Å². The highest BCUT2D eigenvalue weighted by Gasteiger charge is 2.22. The van der Waals surface area contributed by atoms with Crippen molar-refractivity contribution in [2.75, 3.05) is 0 Å². The normalized spacial score (nSPS) is 12.7. The van der Waals surface area contributed by atoms with E-state index in [2.05, 4.69) is 5.32 Å². The van der Waals surface area contributed by atoms with E-state index in [1.165, 1.54) is 31.2 Å². The molecule has 7 nitrogen and oxygen atoms in total. The van der Waals surface area contributed by atoms with Crippen LogP contribution in [0.1, 0.15) is 39.7 Å². The molecule has 162 valence electrons. The molecular weight excluding hydrogens is 406 g/mol. The van der Waals surface area contributed by atoms with Crippen molar-refractivity contribution >= 4 is 22.0 Å². The number of hydrogen-bond acceptors (Lipinski definition) is 6. The second kappa shape index (κ2) is 9.75. The number of amides is 1. The first-order valence-corrected chi connectivity index (χ1v) is 10.9. The Balaban J connectivity index is 2.06. The van der Waals surface area contributed by atoms with Crippen molar-refractivity contribution in [2.45, 2.75) is 57.1 Å². The summed E-state index contributed by atoms with van der Waals surface area (Å²) in [4.78, 5) is 23.7.